The first-order valence-electron chi connectivity index (χ1n) is 8.40. The van der Waals surface area contributed by atoms with Gasteiger partial charge in [0.05, 0.1) is 34.8 Å². The first kappa shape index (κ1) is 17.8. The van der Waals surface area contributed by atoms with Gasteiger partial charge in [-0.1, -0.05) is 42.5 Å². The van der Waals surface area contributed by atoms with Gasteiger partial charge in [-0.05, 0) is 30.2 Å². The van der Waals surface area contributed by atoms with E-state index in [2.05, 4.69) is 28.5 Å². The molecule has 1 heterocycles. The normalized spacial score (nSPS) is 11.5. The summed E-state index contributed by atoms with van der Waals surface area (Å²) >= 11 is 1.58. The predicted octanol–water partition coefficient (Wildman–Crippen LogP) is 4.03. The lowest BCUT2D eigenvalue weighted by atomic mass is 10.1. The Labute approximate surface area is 157 Å². The highest BCUT2D eigenvalue weighted by atomic mass is 32.1. The molecule has 0 bridgehead atoms. The number of benzene rings is 2. The van der Waals surface area contributed by atoms with Crippen LogP contribution in [0, 0.1) is 11.3 Å². The minimum absolute atomic E-state index is 0.0570. The molecule has 1 atom stereocenters. The first-order chi connectivity index (χ1) is 12.6. The highest BCUT2D eigenvalue weighted by Crippen LogP contribution is 2.16. The maximum absolute atomic E-state index is 12.3. The van der Waals surface area contributed by atoms with Gasteiger partial charge >= 0.3 is 0 Å². The van der Waals surface area contributed by atoms with E-state index >= 15 is 0 Å². The monoisotopic (exact) mass is 361 g/mol. The van der Waals surface area contributed by atoms with E-state index in [-0.39, 0.29) is 18.4 Å². The summed E-state index contributed by atoms with van der Waals surface area (Å²) in [6.07, 6.45) is 1.06. The summed E-state index contributed by atoms with van der Waals surface area (Å²) < 4.78 is 0. The minimum Gasteiger partial charge on any atom is -0.349 e. The standard InChI is InChI=1S/C21H19N3OS/c1-15(18-9-7-17(13-22)8-10-18)23-20(25)12-19-14-26-21(24-19)11-16-5-3-2-4-6-16/h2-10,14-15H,11-12H2,1H3,(H,23,25). The summed E-state index contributed by atoms with van der Waals surface area (Å²) in [5, 5.41) is 14.8. The Morgan fingerprint density at radius 2 is 1.92 bits per heavy atom. The summed E-state index contributed by atoms with van der Waals surface area (Å²) in [5.74, 6) is -0.0570. The SMILES string of the molecule is CC(NC(=O)Cc1csc(Cc2ccccc2)n1)c1ccc(C#N)cc1. The molecule has 3 aromatic rings. The number of carbonyl (C=O) groups is 1. The van der Waals surface area contributed by atoms with Gasteiger partial charge in [0.1, 0.15) is 0 Å². The second kappa shape index (κ2) is 8.41. The fraction of sp³-hybridized carbons (Fsp3) is 0.190. The number of thiazole rings is 1. The average molecular weight is 361 g/mol. The Kier molecular flexibility index (Phi) is 5.77. The Morgan fingerprint density at radius 1 is 1.19 bits per heavy atom. The number of hydrogen-bond acceptors (Lipinski definition) is 4. The molecule has 1 unspecified atom stereocenters. The fourth-order valence-corrected chi connectivity index (χ4v) is 3.50. The van der Waals surface area contributed by atoms with Crippen LogP contribution in [0.2, 0.25) is 0 Å². The smallest absolute Gasteiger partial charge is 0.226 e. The van der Waals surface area contributed by atoms with Crippen molar-refractivity contribution in [3.8, 4) is 6.07 Å². The van der Waals surface area contributed by atoms with Gasteiger partial charge in [-0.15, -0.1) is 11.3 Å². The summed E-state index contributed by atoms with van der Waals surface area (Å²) in [7, 11) is 0. The summed E-state index contributed by atoms with van der Waals surface area (Å²) in [6.45, 7) is 1.93. The van der Waals surface area contributed by atoms with E-state index < -0.39 is 0 Å². The zero-order valence-electron chi connectivity index (χ0n) is 14.5. The molecule has 0 saturated heterocycles. The van der Waals surface area contributed by atoms with Gasteiger partial charge in [-0.3, -0.25) is 4.79 Å². The Hall–Kier alpha value is -2.97. The van der Waals surface area contributed by atoms with Crippen molar-refractivity contribution >= 4 is 17.2 Å². The van der Waals surface area contributed by atoms with Crippen molar-refractivity contribution in [3.05, 3.63) is 87.4 Å². The number of carbonyl (C=O) groups excluding carboxylic acids is 1. The molecule has 0 radical (unpaired) electrons. The van der Waals surface area contributed by atoms with E-state index in [1.165, 1.54) is 5.56 Å². The molecule has 2 aromatic carbocycles. The topological polar surface area (TPSA) is 65.8 Å². The van der Waals surface area contributed by atoms with Crippen molar-refractivity contribution in [2.45, 2.75) is 25.8 Å². The predicted molar refractivity (Wildman–Crippen MR) is 103 cm³/mol. The average Bonchev–Trinajstić information content (AvgIpc) is 3.09. The third kappa shape index (κ3) is 4.78. The van der Waals surface area contributed by atoms with Gasteiger partial charge in [0.15, 0.2) is 0 Å². The molecule has 130 valence electrons. The fourth-order valence-electron chi connectivity index (χ4n) is 2.67. The molecular formula is C21H19N3OS. The maximum Gasteiger partial charge on any atom is 0.226 e. The van der Waals surface area contributed by atoms with Gasteiger partial charge in [-0.2, -0.15) is 5.26 Å². The third-order valence-electron chi connectivity index (χ3n) is 4.06. The highest BCUT2D eigenvalue weighted by Gasteiger charge is 2.12. The number of nitrogens with one attached hydrogen (secondary N) is 1. The molecule has 1 N–H and O–H groups in total. The van der Waals surface area contributed by atoms with E-state index in [1.54, 1.807) is 23.5 Å². The molecule has 5 heteroatoms. The quantitative estimate of drug-likeness (QED) is 0.721. The Balaban J connectivity index is 1.55. The number of aromatic nitrogens is 1. The molecule has 26 heavy (non-hydrogen) atoms. The number of hydrogen-bond donors (Lipinski definition) is 1. The van der Waals surface area contributed by atoms with Crippen molar-refractivity contribution in [1.82, 2.24) is 10.3 Å². The second-order valence-electron chi connectivity index (χ2n) is 6.09. The number of rotatable bonds is 6. The Bertz CT molecular complexity index is 910. The zero-order valence-corrected chi connectivity index (χ0v) is 15.3. The summed E-state index contributed by atoms with van der Waals surface area (Å²) in [5.41, 5.74) is 3.60. The van der Waals surface area contributed by atoms with E-state index in [0.717, 1.165) is 22.7 Å². The lowest BCUT2D eigenvalue weighted by Gasteiger charge is -2.14. The van der Waals surface area contributed by atoms with Crippen LogP contribution in [0.15, 0.2) is 60.0 Å². The van der Waals surface area contributed by atoms with Crippen molar-refractivity contribution in [3.63, 3.8) is 0 Å². The van der Waals surface area contributed by atoms with Crippen LogP contribution >= 0.6 is 11.3 Å². The van der Waals surface area contributed by atoms with Crippen LogP contribution in [0.1, 0.15) is 40.4 Å². The molecular weight excluding hydrogens is 342 g/mol. The third-order valence-corrected chi connectivity index (χ3v) is 4.95. The molecule has 3 rings (SSSR count). The molecule has 0 spiro atoms. The molecule has 0 aliphatic rings. The van der Waals surface area contributed by atoms with Crippen LogP contribution in [0.3, 0.4) is 0 Å². The van der Waals surface area contributed by atoms with Gasteiger partial charge in [0, 0.05) is 11.8 Å². The van der Waals surface area contributed by atoms with Crippen LogP contribution in [-0.2, 0) is 17.6 Å². The molecule has 4 nitrogen and oxygen atoms in total. The number of nitrogens with zero attached hydrogens (tertiary/aromatic N) is 2. The van der Waals surface area contributed by atoms with E-state index in [1.807, 2.05) is 42.6 Å². The van der Waals surface area contributed by atoms with Crippen molar-refractivity contribution in [1.29, 1.82) is 5.26 Å². The van der Waals surface area contributed by atoms with Crippen LogP contribution < -0.4 is 5.32 Å². The molecule has 0 aliphatic carbocycles. The maximum atomic E-state index is 12.3. The van der Waals surface area contributed by atoms with E-state index in [4.69, 9.17) is 5.26 Å². The summed E-state index contributed by atoms with van der Waals surface area (Å²) in [6, 6.07) is 19.4. The number of amides is 1. The lowest BCUT2D eigenvalue weighted by molar-refractivity contribution is -0.121. The molecule has 1 aromatic heterocycles. The first-order valence-corrected chi connectivity index (χ1v) is 9.28. The highest BCUT2D eigenvalue weighted by molar-refractivity contribution is 7.09. The van der Waals surface area contributed by atoms with Crippen molar-refractivity contribution in [2.75, 3.05) is 0 Å². The van der Waals surface area contributed by atoms with Crippen LogP contribution in [-0.4, -0.2) is 10.9 Å². The Morgan fingerprint density at radius 3 is 2.62 bits per heavy atom. The largest absolute Gasteiger partial charge is 0.349 e. The van der Waals surface area contributed by atoms with E-state index in [9.17, 15) is 4.79 Å². The van der Waals surface area contributed by atoms with Crippen molar-refractivity contribution in [2.24, 2.45) is 0 Å². The van der Waals surface area contributed by atoms with Crippen molar-refractivity contribution < 1.29 is 4.79 Å². The van der Waals surface area contributed by atoms with Crippen LogP contribution in [0.5, 0.6) is 0 Å². The second-order valence-corrected chi connectivity index (χ2v) is 7.04. The molecule has 0 aliphatic heterocycles. The molecule has 0 fully saturated rings. The number of nitriles is 1. The van der Waals surface area contributed by atoms with Gasteiger partial charge in [0.2, 0.25) is 5.91 Å². The lowest BCUT2D eigenvalue weighted by Crippen LogP contribution is -2.28. The van der Waals surface area contributed by atoms with Gasteiger partial charge in [0.25, 0.3) is 0 Å². The molecule has 0 saturated carbocycles. The van der Waals surface area contributed by atoms with Gasteiger partial charge < -0.3 is 5.32 Å². The van der Waals surface area contributed by atoms with Gasteiger partial charge in [-0.25, -0.2) is 4.98 Å². The zero-order chi connectivity index (χ0) is 18.4. The van der Waals surface area contributed by atoms with Crippen LogP contribution in [0.4, 0.5) is 0 Å². The van der Waals surface area contributed by atoms with Crippen LogP contribution in [0.25, 0.3) is 0 Å². The summed E-state index contributed by atoms with van der Waals surface area (Å²) in [4.78, 5) is 16.9. The minimum atomic E-state index is -0.113. The molecule has 1 amide bonds. The van der Waals surface area contributed by atoms with E-state index in [0.29, 0.717) is 5.56 Å².